The third-order valence-electron chi connectivity index (χ3n) is 2.71. The number of ether oxygens (including phenoxy) is 1. The van der Waals surface area contributed by atoms with Crippen LogP contribution in [0.4, 0.5) is 0 Å². The number of hydrogen-bond acceptors (Lipinski definition) is 4. The Bertz CT molecular complexity index is 760. The van der Waals surface area contributed by atoms with E-state index < -0.39 is 5.97 Å². The predicted octanol–water partition coefficient (Wildman–Crippen LogP) is 3.03. The van der Waals surface area contributed by atoms with Crippen molar-refractivity contribution in [2.24, 2.45) is 0 Å². The molecule has 0 atom stereocenters. The summed E-state index contributed by atoms with van der Waals surface area (Å²) in [6.07, 6.45) is 1.71. The fraction of sp³-hybridized carbons (Fsp3) is 0.0769. The lowest BCUT2D eigenvalue weighted by molar-refractivity contribution is 0.0592. The molecule has 0 N–H and O–H groups in total. The lowest BCUT2D eigenvalue weighted by Crippen LogP contribution is -2.06. The van der Waals surface area contributed by atoms with Gasteiger partial charge in [0.2, 0.25) is 0 Å². The predicted molar refractivity (Wildman–Crippen MR) is 69.2 cm³/mol. The zero-order valence-corrected chi connectivity index (χ0v) is 10.7. The van der Waals surface area contributed by atoms with Crippen LogP contribution < -0.4 is 0 Å². The molecule has 0 bridgehead atoms. The second kappa shape index (κ2) is 4.44. The number of furan rings is 1. The first-order chi connectivity index (χ1) is 9.19. The molecule has 3 aromatic heterocycles. The van der Waals surface area contributed by atoms with Crippen LogP contribution in [-0.4, -0.2) is 22.5 Å². The van der Waals surface area contributed by atoms with Gasteiger partial charge < -0.3 is 9.15 Å². The first-order valence-corrected chi connectivity index (χ1v) is 5.89. The number of pyridine rings is 1. The highest BCUT2D eigenvalue weighted by molar-refractivity contribution is 6.28. The maximum Gasteiger partial charge on any atom is 0.355 e. The van der Waals surface area contributed by atoms with Crippen molar-refractivity contribution in [2.45, 2.75) is 0 Å². The third-order valence-corrected chi connectivity index (χ3v) is 2.92. The molecule has 5 nitrogen and oxygen atoms in total. The van der Waals surface area contributed by atoms with E-state index in [1.54, 1.807) is 40.9 Å². The lowest BCUT2D eigenvalue weighted by atomic mass is 10.3. The summed E-state index contributed by atoms with van der Waals surface area (Å²) in [6, 6.07) is 8.57. The number of methoxy groups -OCH3 is 1. The van der Waals surface area contributed by atoms with E-state index in [1.165, 1.54) is 7.11 Å². The summed E-state index contributed by atoms with van der Waals surface area (Å²) in [4.78, 5) is 16.0. The van der Waals surface area contributed by atoms with Gasteiger partial charge in [-0.05, 0) is 35.9 Å². The van der Waals surface area contributed by atoms with Crippen LogP contribution in [0.1, 0.15) is 10.5 Å². The van der Waals surface area contributed by atoms with E-state index in [2.05, 4.69) is 4.98 Å². The standard InChI is InChI=1S/C13H9ClN2O3/c1-18-13(17)9-3-2-4-12-15-8(7-16(9)12)10-5-6-11(14)19-10/h2-7H,1H3. The fourth-order valence-electron chi connectivity index (χ4n) is 1.85. The molecule has 6 heteroatoms. The van der Waals surface area contributed by atoms with Crippen molar-refractivity contribution < 1.29 is 13.9 Å². The van der Waals surface area contributed by atoms with Crippen LogP contribution in [0.2, 0.25) is 5.22 Å². The van der Waals surface area contributed by atoms with Crippen LogP contribution in [-0.2, 0) is 4.74 Å². The molecule has 0 aliphatic rings. The molecule has 0 spiro atoms. The van der Waals surface area contributed by atoms with E-state index in [1.807, 2.05) is 0 Å². The van der Waals surface area contributed by atoms with Crippen molar-refractivity contribution in [3.63, 3.8) is 0 Å². The summed E-state index contributed by atoms with van der Waals surface area (Å²) < 4.78 is 11.7. The number of imidazole rings is 1. The second-order valence-corrected chi connectivity index (χ2v) is 4.23. The van der Waals surface area contributed by atoms with Gasteiger partial charge in [0.1, 0.15) is 17.0 Å². The Morgan fingerprint density at radius 1 is 1.37 bits per heavy atom. The van der Waals surface area contributed by atoms with E-state index in [0.29, 0.717) is 28.0 Å². The Morgan fingerprint density at radius 3 is 2.89 bits per heavy atom. The van der Waals surface area contributed by atoms with Gasteiger partial charge in [-0.1, -0.05) is 6.07 Å². The molecule has 96 valence electrons. The van der Waals surface area contributed by atoms with E-state index in [-0.39, 0.29) is 0 Å². The van der Waals surface area contributed by atoms with Crippen molar-refractivity contribution in [3.8, 4) is 11.5 Å². The van der Waals surface area contributed by atoms with Crippen LogP contribution >= 0.6 is 11.6 Å². The molecule has 0 aliphatic heterocycles. The molecule has 19 heavy (non-hydrogen) atoms. The number of fused-ring (bicyclic) bond motifs is 1. The van der Waals surface area contributed by atoms with Crippen molar-refractivity contribution in [1.29, 1.82) is 0 Å². The zero-order chi connectivity index (χ0) is 13.4. The number of halogens is 1. The highest BCUT2D eigenvalue weighted by Gasteiger charge is 2.14. The van der Waals surface area contributed by atoms with Crippen molar-refractivity contribution >= 4 is 23.2 Å². The molecule has 3 aromatic rings. The normalized spacial score (nSPS) is 10.8. The van der Waals surface area contributed by atoms with E-state index in [0.717, 1.165) is 0 Å². The molecule has 0 radical (unpaired) electrons. The molecular weight excluding hydrogens is 268 g/mol. The maximum atomic E-state index is 11.7. The highest BCUT2D eigenvalue weighted by Crippen LogP contribution is 2.24. The number of nitrogens with zero attached hydrogens (tertiary/aromatic N) is 2. The van der Waals surface area contributed by atoms with Crippen molar-refractivity contribution in [1.82, 2.24) is 9.38 Å². The number of carbonyl (C=O) groups is 1. The summed E-state index contributed by atoms with van der Waals surface area (Å²) >= 11 is 5.74. The summed E-state index contributed by atoms with van der Waals surface area (Å²) in [5.74, 6) is 0.122. The maximum absolute atomic E-state index is 11.7. The van der Waals surface area contributed by atoms with Gasteiger partial charge in [-0.15, -0.1) is 0 Å². The van der Waals surface area contributed by atoms with Crippen LogP contribution in [0, 0.1) is 0 Å². The molecule has 3 heterocycles. The smallest absolute Gasteiger partial charge is 0.355 e. The van der Waals surface area contributed by atoms with Gasteiger partial charge in [0.05, 0.1) is 7.11 Å². The van der Waals surface area contributed by atoms with Gasteiger partial charge in [0.15, 0.2) is 11.0 Å². The summed E-state index contributed by atoms with van der Waals surface area (Å²) in [5, 5.41) is 0.292. The Hall–Kier alpha value is -2.27. The van der Waals surface area contributed by atoms with Crippen LogP contribution in [0.25, 0.3) is 17.1 Å². The fourth-order valence-corrected chi connectivity index (χ4v) is 2.00. The van der Waals surface area contributed by atoms with E-state index in [4.69, 9.17) is 20.8 Å². The number of hydrogen-bond donors (Lipinski definition) is 0. The first kappa shape index (κ1) is 11.8. The molecule has 0 saturated heterocycles. The Balaban J connectivity index is 2.18. The van der Waals surface area contributed by atoms with Crippen LogP contribution in [0.15, 0.2) is 40.9 Å². The Labute approximate surface area is 113 Å². The van der Waals surface area contributed by atoms with Crippen molar-refractivity contribution in [2.75, 3.05) is 7.11 Å². The van der Waals surface area contributed by atoms with Gasteiger partial charge in [-0.2, -0.15) is 0 Å². The molecule has 0 amide bonds. The Kier molecular flexibility index (Phi) is 2.76. The van der Waals surface area contributed by atoms with Gasteiger partial charge in [0, 0.05) is 6.20 Å². The van der Waals surface area contributed by atoms with Gasteiger partial charge in [0.25, 0.3) is 0 Å². The van der Waals surface area contributed by atoms with E-state index >= 15 is 0 Å². The second-order valence-electron chi connectivity index (χ2n) is 3.86. The minimum Gasteiger partial charge on any atom is -0.464 e. The number of esters is 1. The van der Waals surface area contributed by atoms with Gasteiger partial charge in [-0.25, -0.2) is 9.78 Å². The quantitative estimate of drug-likeness (QED) is 0.675. The molecule has 3 rings (SSSR count). The Morgan fingerprint density at radius 2 is 2.21 bits per heavy atom. The largest absolute Gasteiger partial charge is 0.464 e. The summed E-state index contributed by atoms with van der Waals surface area (Å²) in [7, 11) is 1.34. The van der Waals surface area contributed by atoms with Gasteiger partial charge >= 0.3 is 5.97 Å². The summed E-state index contributed by atoms with van der Waals surface area (Å²) in [5.41, 5.74) is 1.63. The average Bonchev–Trinajstić information content (AvgIpc) is 3.02. The minimum absolute atomic E-state index is 0.292. The highest BCUT2D eigenvalue weighted by atomic mass is 35.5. The molecule has 0 saturated carbocycles. The van der Waals surface area contributed by atoms with Crippen LogP contribution in [0.5, 0.6) is 0 Å². The van der Waals surface area contributed by atoms with Crippen molar-refractivity contribution in [3.05, 3.63) is 47.4 Å². The molecule has 0 aromatic carbocycles. The molecule has 0 aliphatic carbocycles. The lowest BCUT2D eigenvalue weighted by Gasteiger charge is -2.01. The molecular formula is C13H9ClN2O3. The van der Waals surface area contributed by atoms with Gasteiger partial charge in [-0.3, -0.25) is 4.40 Å². The topological polar surface area (TPSA) is 56.7 Å². The monoisotopic (exact) mass is 276 g/mol. The van der Waals surface area contributed by atoms with Crippen LogP contribution in [0.3, 0.4) is 0 Å². The number of carbonyl (C=O) groups excluding carboxylic acids is 1. The first-order valence-electron chi connectivity index (χ1n) is 5.51. The minimum atomic E-state index is -0.424. The summed E-state index contributed by atoms with van der Waals surface area (Å²) in [6.45, 7) is 0. The number of rotatable bonds is 2. The zero-order valence-electron chi connectivity index (χ0n) is 9.96. The average molecular weight is 277 g/mol. The third kappa shape index (κ3) is 1.98. The molecule has 0 unspecified atom stereocenters. The molecule has 0 fully saturated rings. The number of aromatic nitrogens is 2. The van der Waals surface area contributed by atoms with E-state index in [9.17, 15) is 4.79 Å². The SMILES string of the molecule is COC(=O)c1cccc2nc(-c3ccc(Cl)o3)cn12.